The lowest BCUT2D eigenvalue weighted by Crippen LogP contribution is -2.39. The van der Waals surface area contributed by atoms with Crippen LogP contribution in [-0.4, -0.2) is 23.0 Å². The summed E-state index contributed by atoms with van der Waals surface area (Å²) in [5.41, 5.74) is 7.03. The zero-order valence-electron chi connectivity index (χ0n) is 11.5. The van der Waals surface area contributed by atoms with Gasteiger partial charge in [-0.25, -0.2) is 4.79 Å². The highest BCUT2D eigenvalue weighted by Gasteiger charge is 2.17. The molecule has 108 valence electrons. The molecular weight excluding hydrogens is 256 g/mol. The molecule has 1 rings (SSSR count). The summed E-state index contributed by atoms with van der Waals surface area (Å²) in [5, 5.41) is 11.5. The van der Waals surface area contributed by atoms with Crippen LogP contribution >= 0.6 is 0 Å². The fraction of sp³-hybridized carbons (Fsp3) is 0.333. The van der Waals surface area contributed by atoms with Gasteiger partial charge in [0.1, 0.15) is 6.04 Å². The lowest BCUT2D eigenvalue weighted by Gasteiger charge is -2.12. The number of unbranched alkanes of at least 4 members (excludes halogenated alkanes) is 1. The number of anilines is 1. The highest BCUT2D eigenvalue weighted by atomic mass is 16.4. The third kappa shape index (κ3) is 5.56. The highest BCUT2D eigenvalue weighted by molar-refractivity contribution is 5.94. The first-order valence-corrected chi connectivity index (χ1v) is 6.60. The Kier molecular flexibility index (Phi) is 6.29. The number of carbonyl (C=O) groups excluding carboxylic acids is 1. The van der Waals surface area contributed by atoms with Crippen LogP contribution in [0.3, 0.4) is 0 Å². The fourth-order valence-electron chi connectivity index (χ4n) is 1.72. The molecule has 1 aromatic carbocycles. The van der Waals surface area contributed by atoms with Crippen molar-refractivity contribution in [2.24, 2.45) is 0 Å². The minimum atomic E-state index is -1.01. The van der Waals surface area contributed by atoms with Crippen LogP contribution < -0.4 is 11.1 Å². The lowest BCUT2D eigenvalue weighted by atomic mass is 10.1. The number of aliphatic carboxylic acids is 1. The number of carboxylic acid groups (broad SMARTS) is 1. The van der Waals surface area contributed by atoms with E-state index in [1.54, 1.807) is 24.3 Å². The second kappa shape index (κ2) is 7.99. The number of hydrogen-bond donors (Lipinski definition) is 3. The van der Waals surface area contributed by atoms with E-state index in [0.29, 0.717) is 12.1 Å². The van der Waals surface area contributed by atoms with E-state index in [-0.39, 0.29) is 0 Å². The maximum absolute atomic E-state index is 11.7. The normalized spacial score (nSPS) is 12.2. The average Bonchev–Trinajstić information content (AvgIpc) is 2.41. The largest absolute Gasteiger partial charge is 0.480 e. The van der Waals surface area contributed by atoms with Gasteiger partial charge in [-0.15, -0.1) is 0 Å². The summed E-state index contributed by atoms with van der Waals surface area (Å²) in [7, 11) is 0. The van der Waals surface area contributed by atoms with Crippen molar-refractivity contribution < 1.29 is 14.7 Å². The van der Waals surface area contributed by atoms with Crippen LogP contribution in [0.5, 0.6) is 0 Å². The minimum Gasteiger partial charge on any atom is -0.480 e. The lowest BCUT2D eigenvalue weighted by molar-refractivity contribution is -0.141. The van der Waals surface area contributed by atoms with E-state index in [1.807, 2.05) is 13.0 Å². The number of hydrogen-bond acceptors (Lipinski definition) is 3. The Bertz CT molecular complexity index is 498. The maximum Gasteiger partial charge on any atom is 0.326 e. The summed E-state index contributed by atoms with van der Waals surface area (Å²) < 4.78 is 0. The van der Waals surface area contributed by atoms with Gasteiger partial charge in [-0.2, -0.15) is 0 Å². The van der Waals surface area contributed by atoms with Crippen LogP contribution in [-0.2, 0) is 9.59 Å². The van der Waals surface area contributed by atoms with Gasteiger partial charge in [-0.3, -0.25) is 4.79 Å². The zero-order valence-corrected chi connectivity index (χ0v) is 11.5. The van der Waals surface area contributed by atoms with Crippen LogP contribution in [0.2, 0.25) is 0 Å². The standard InChI is InChI=1S/C15H20N2O3/c1-2-3-7-13(15(19)20)17-14(18)9-8-11-5-4-6-12(16)10-11/h4-6,8-10,13H,2-3,7,16H2,1H3,(H,17,18)(H,19,20)/b9-8+. The van der Waals surface area contributed by atoms with E-state index in [9.17, 15) is 9.59 Å². The van der Waals surface area contributed by atoms with Crippen molar-refractivity contribution in [1.82, 2.24) is 5.32 Å². The molecule has 1 unspecified atom stereocenters. The first-order valence-electron chi connectivity index (χ1n) is 6.60. The van der Waals surface area contributed by atoms with Crippen molar-refractivity contribution >= 4 is 23.6 Å². The van der Waals surface area contributed by atoms with Gasteiger partial charge in [0.2, 0.25) is 5.91 Å². The SMILES string of the molecule is CCCCC(NC(=O)/C=C/c1cccc(N)c1)C(=O)O. The molecule has 0 radical (unpaired) electrons. The molecule has 5 heteroatoms. The van der Waals surface area contributed by atoms with Gasteiger partial charge >= 0.3 is 5.97 Å². The molecule has 0 aliphatic rings. The zero-order chi connectivity index (χ0) is 15.0. The highest BCUT2D eigenvalue weighted by Crippen LogP contribution is 2.08. The molecule has 0 bridgehead atoms. The molecule has 0 heterocycles. The summed E-state index contributed by atoms with van der Waals surface area (Å²) in [5.74, 6) is -1.43. The summed E-state index contributed by atoms with van der Waals surface area (Å²) >= 11 is 0. The van der Waals surface area contributed by atoms with Crippen LogP contribution in [0.1, 0.15) is 31.7 Å². The number of rotatable bonds is 7. The first-order chi connectivity index (χ1) is 9.52. The van der Waals surface area contributed by atoms with Crippen molar-refractivity contribution in [3.05, 3.63) is 35.9 Å². The number of amides is 1. The molecular formula is C15H20N2O3. The molecule has 0 aliphatic heterocycles. The number of nitrogen functional groups attached to an aromatic ring is 1. The van der Waals surface area contributed by atoms with Gasteiger partial charge in [0.15, 0.2) is 0 Å². The fourth-order valence-corrected chi connectivity index (χ4v) is 1.72. The summed E-state index contributed by atoms with van der Waals surface area (Å²) in [4.78, 5) is 22.7. The van der Waals surface area contributed by atoms with Gasteiger partial charge in [-0.1, -0.05) is 31.9 Å². The van der Waals surface area contributed by atoms with Gasteiger partial charge < -0.3 is 16.2 Å². The molecule has 0 aliphatic carbocycles. The first kappa shape index (κ1) is 15.8. The van der Waals surface area contributed by atoms with E-state index in [2.05, 4.69) is 5.32 Å². The van der Waals surface area contributed by atoms with Crippen molar-refractivity contribution in [3.63, 3.8) is 0 Å². The average molecular weight is 276 g/mol. The number of nitrogens with two attached hydrogens (primary N) is 1. The molecule has 1 aromatic rings. The molecule has 1 amide bonds. The quantitative estimate of drug-likeness (QED) is 0.525. The Morgan fingerprint density at radius 1 is 1.45 bits per heavy atom. The molecule has 4 N–H and O–H groups in total. The van der Waals surface area contributed by atoms with Crippen molar-refractivity contribution in [2.75, 3.05) is 5.73 Å². The Morgan fingerprint density at radius 2 is 2.20 bits per heavy atom. The Balaban J connectivity index is 2.59. The monoisotopic (exact) mass is 276 g/mol. The Morgan fingerprint density at radius 3 is 2.80 bits per heavy atom. The minimum absolute atomic E-state index is 0.420. The van der Waals surface area contributed by atoms with E-state index in [0.717, 1.165) is 18.4 Å². The van der Waals surface area contributed by atoms with Gasteiger partial charge in [0.05, 0.1) is 0 Å². The van der Waals surface area contributed by atoms with Crippen molar-refractivity contribution in [1.29, 1.82) is 0 Å². The van der Waals surface area contributed by atoms with Crippen LogP contribution in [0.15, 0.2) is 30.3 Å². The molecule has 0 spiro atoms. The van der Waals surface area contributed by atoms with Crippen molar-refractivity contribution in [3.8, 4) is 0 Å². The maximum atomic E-state index is 11.7. The molecule has 0 fully saturated rings. The van der Waals surface area contributed by atoms with E-state index < -0.39 is 17.9 Å². The number of nitrogens with one attached hydrogen (secondary N) is 1. The van der Waals surface area contributed by atoms with E-state index in [4.69, 9.17) is 10.8 Å². The summed E-state index contributed by atoms with van der Waals surface area (Å²) in [6.07, 6.45) is 5.00. The third-order valence-electron chi connectivity index (χ3n) is 2.80. The number of carboxylic acids is 1. The van der Waals surface area contributed by atoms with Crippen LogP contribution in [0.4, 0.5) is 5.69 Å². The molecule has 0 aromatic heterocycles. The molecule has 0 saturated heterocycles. The predicted octanol–water partition coefficient (Wildman–Crippen LogP) is 2.04. The number of carbonyl (C=O) groups is 2. The molecule has 0 saturated carbocycles. The third-order valence-corrected chi connectivity index (χ3v) is 2.80. The summed E-state index contributed by atoms with van der Waals surface area (Å²) in [6.45, 7) is 1.97. The molecule has 20 heavy (non-hydrogen) atoms. The Labute approximate surface area is 118 Å². The van der Waals surface area contributed by atoms with E-state index in [1.165, 1.54) is 6.08 Å². The topological polar surface area (TPSA) is 92.4 Å². The second-order valence-corrected chi connectivity index (χ2v) is 4.55. The van der Waals surface area contributed by atoms with Crippen molar-refractivity contribution in [2.45, 2.75) is 32.2 Å². The number of benzene rings is 1. The summed E-state index contributed by atoms with van der Waals surface area (Å²) in [6, 6.07) is 6.24. The van der Waals surface area contributed by atoms with Gasteiger partial charge in [-0.05, 0) is 30.2 Å². The predicted molar refractivity (Wildman–Crippen MR) is 79.0 cm³/mol. The van der Waals surface area contributed by atoms with Gasteiger partial charge in [0, 0.05) is 11.8 Å². The molecule has 1 atom stereocenters. The van der Waals surface area contributed by atoms with Crippen LogP contribution in [0, 0.1) is 0 Å². The molecule has 5 nitrogen and oxygen atoms in total. The van der Waals surface area contributed by atoms with Gasteiger partial charge in [0.25, 0.3) is 0 Å². The second-order valence-electron chi connectivity index (χ2n) is 4.55. The smallest absolute Gasteiger partial charge is 0.326 e. The van der Waals surface area contributed by atoms with E-state index >= 15 is 0 Å². The van der Waals surface area contributed by atoms with Crippen LogP contribution in [0.25, 0.3) is 6.08 Å². The Hall–Kier alpha value is -2.30.